The van der Waals surface area contributed by atoms with Crippen molar-refractivity contribution in [3.05, 3.63) is 52.3 Å². The van der Waals surface area contributed by atoms with Gasteiger partial charge in [-0.1, -0.05) is 15.9 Å². The van der Waals surface area contributed by atoms with Gasteiger partial charge in [-0.15, -0.1) is 11.8 Å². The second-order valence-electron chi connectivity index (χ2n) is 5.24. The number of ether oxygens (including phenoxy) is 1. The molecule has 2 rings (SSSR count). The maximum atomic E-state index is 11.9. The van der Waals surface area contributed by atoms with Crippen molar-refractivity contribution in [3.8, 4) is 0 Å². The Balaban J connectivity index is 1.75. The van der Waals surface area contributed by atoms with Crippen molar-refractivity contribution >= 4 is 45.5 Å². The molecule has 0 unspecified atom stereocenters. The van der Waals surface area contributed by atoms with Crippen molar-refractivity contribution < 1.29 is 19.1 Å². The second-order valence-corrected chi connectivity index (χ2v) is 7.17. The first-order chi connectivity index (χ1) is 11.9. The standard InChI is InChI=1S/C17H17BrN2O4S/c1-11-8-12(18)5-6-14(11)25-10-16(22)24-9-15(21)19-17(23)13-4-3-7-20(13)2/h3-8H,9-10H2,1-2H3,(H,19,21,23). The van der Waals surface area contributed by atoms with Crippen LogP contribution in [0.5, 0.6) is 0 Å². The van der Waals surface area contributed by atoms with E-state index in [1.54, 1.807) is 29.9 Å². The number of amides is 2. The lowest BCUT2D eigenvalue weighted by Gasteiger charge is -2.08. The Morgan fingerprint density at radius 1 is 1.28 bits per heavy atom. The van der Waals surface area contributed by atoms with Crippen molar-refractivity contribution in [1.29, 1.82) is 0 Å². The Hall–Kier alpha value is -2.06. The number of imide groups is 1. The molecule has 0 fully saturated rings. The molecule has 1 aromatic carbocycles. The summed E-state index contributed by atoms with van der Waals surface area (Å²) in [5.41, 5.74) is 1.39. The molecule has 132 valence electrons. The highest BCUT2D eigenvalue weighted by atomic mass is 79.9. The quantitative estimate of drug-likeness (QED) is 0.569. The van der Waals surface area contributed by atoms with E-state index >= 15 is 0 Å². The summed E-state index contributed by atoms with van der Waals surface area (Å²) in [7, 11) is 1.70. The molecule has 0 aliphatic rings. The number of hydrogen-bond acceptors (Lipinski definition) is 5. The zero-order valence-electron chi connectivity index (χ0n) is 13.7. The molecule has 0 atom stereocenters. The van der Waals surface area contributed by atoms with Gasteiger partial charge in [0.15, 0.2) is 6.61 Å². The van der Waals surface area contributed by atoms with Crippen LogP contribution in [-0.4, -0.2) is 34.7 Å². The number of halogens is 1. The summed E-state index contributed by atoms with van der Waals surface area (Å²) in [5, 5.41) is 2.18. The third-order valence-corrected chi connectivity index (χ3v) is 4.92. The summed E-state index contributed by atoms with van der Waals surface area (Å²) in [5.74, 6) is -1.63. The molecule has 8 heteroatoms. The van der Waals surface area contributed by atoms with Gasteiger partial charge in [0, 0.05) is 22.6 Å². The molecule has 1 aromatic heterocycles. The first kappa shape index (κ1) is 19.3. The van der Waals surface area contributed by atoms with Crippen LogP contribution in [0.1, 0.15) is 16.1 Å². The summed E-state index contributed by atoms with van der Waals surface area (Å²) in [6.07, 6.45) is 1.70. The van der Waals surface area contributed by atoms with E-state index in [1.807, 2.05) is 25.1 Å². The number of carbonyl (C=O) groups excluding carboxylic acids is 3. The van der Waals surface area contributed by atoms with Crippen LogP contribution in [0, 0.1) is 6.92 Å². The van der Waals surface area contributed by atoms with Gasteiger partial charge in [0.25, 0.3) is 11.8 Å². The van der Waals surface area contributed by atoms with E-state index < -0.39 is 24.4 Å². The minimum absolute atomic E-state index is 0.0848. The van der Waals surface area contributed by atoms with Crippen LogP contribution < -0.4 is 5.32 Å². The molecule has 0 aliphatic carbocycles. The fourth-order valence-corrected chi connectivity index (χ4v) is 3.31. The summed E-state index contributed by atoms with van der Waals surface area (Å²) < 4.78 is 7.46. The van der Waals surface area contributed by atoms with Crippen molar-refractivity contribution in [1.82, 2.24) is 9.88 Å². The van der Waals surface area contributed by atoms with Crippen LogP contribution in [0.4, 0.5) is 0 Å². The molecule has 0 saturated carbocycles. The summed E-state index contributed by atoms with van der Waals surface area (Å²) in [4.78, 5) is 36.3. The zero-order valence-corrected chi connectivity index (χ0v) is 16.1. The highest BCUT2D eigenvalue weighted by Crippen LogP contribution is 2.25. The summed E-state index contributed by atoms with van der Waals surface area (Å²) in [6, 6.07) is 9.04. The largest absolute Gasteiger partial charge is 0.455 e. The van der Waals surface area contributed by atoms with E-state index in [0.717, 1.165) is 14.9 Å². The van der Waals surface area contributed by atoms with Gasteiger partial charge < -0.3 is 9.30 Å². The third-order valence-electron chi connectivity index (χ3n) is 3.28. The molecule has 1 heterocycles. The molecule has 0 spiro atoms. The molecule has 0 radical (unpaired) electrons. The number of rotatable bonds is 6. The number of esters is 1. The first-order valence-electron chi connectivity index (χ1n) is 7.37. The van der Waals surface area contributed by atoms with Gasteiger partial charge in [0.05, 0.1) is 5.75 Å². The number of aromatic nitrogens is 1. The molecular weight excluding hydrogens is 408 g/mol. The Kier molecular flexibility index (Phi) is 6.83. The maximum Gasteiger partial charge on any atom is 0.316 e. The van der Waals surface area contributed by atoms with Gasteiger partial charge in [-0.25, -0.2) is 0 Å². The van der Waals surface area contributed by atoms with Gasteiger partial charge in [-0.05, 0) is 42.8 Å². The highest BCUT2D eigenvalue weighted by molar-refractivity contribution is 9.10. The molecule has 25 heavy (non-hydrogen) atoms. The van der Waals surface area contributed by atoms with Crippen LogP contribution in [0.15, 0.2) is 45.9 Å². The summed E-state index contributed by atoms with van der Waals surface area (Å²) in [6.45, 7) is 1.45. The molecule has 1 N–H and O–H groups in total. The van der Waals surface area contributed by atoms with E-state index in [9.17, 15) is 14.4 Å². The SMILES string of the molecule is Cc1cc(Br)ccc1SCC(=O)OCC(=O)NC(=O)c1cccn1C. The van der Waals surface area contributed by atoms with Crippen molar-refractivity contribution in [2.45, 2.75) is 11.8 Å². The number of aryl methyl sites for hydroxylation is 2. The van der Waals surface area contributed by atoms with Gasteiger partial charge >= 0.3 is 5.97 Å². The Bertz CT molecular complexity index is 804. The Labute approximate surface area is 158 Å². The fraction of sp³-hybridized carbons (Fsp3) is 0.235. The predicted molar refractivity (Wildman–Crippen MR) is 98.4 cm³/mol. The minimum Gasteiger partial charge on any atom is -0.455 e. The third kappa shape index (κ3) is 5.75. The number of hydrogen-bond donors (Lipinski definition) is 1. The van der Waals surface area contributed by atoms with Crippen molar-refractivity contribution in [2.75, 3.05) is 12.4 Å². The summed E-state index contributed by atoms with van der Waals surface area (Å²) >= 11 is 4.71. The fourth-order valence-electron chi connectivity index (χ4n) is 2.02. The molecule has 2 amide bonds. The van der Waals surface area contributed by atoms with Crippen molar-refractivity contribution in [2.24, 2.45) is 7.05 Å². The average Bonchev–Trinajstić information content (AvgIpc) is 2.98. The van der Waals surface area contributed by atoms with Crippen molar-refractivity contribution in [3.63, 3.8) is 0 Å². The number of carbonyl (C=O) groups is 3. The number of benzene rings is 1. The minimum atomic E-state index is -0.663. The molecule has 6 nitrogen and oxygen atoms in total. The van der Waals surface area contributed by atoms with Crippen LogP contribution in [-0.2, 0) is 21.4 Å². The van der Waals surface area contributed by atoms with Gasteiger partial charge in [0.1, 0.15) is 5.69 Å². The Morgan fingerprint density at radius 3 is 2.68 bits per heavy atom. The lowest BCUT2D eigenvalue weighted by molar-refractivity contribution is -0.145. The van der Waals surface area contributed by atoms with Crippen LogP contribution in [0.25, 0.3) is 0 Å². The van der Waals surface area contributed by atoms with E-state index in [4.69, 9.17) is 4.74 Å². The normalized spacial score (nSPS) is 10.4. The van der Waals surface area contributed by atoms with Crippen LogP contribution >= 0.6 is 27.7 Å². The Morgan fingerprint density at radius 2 is 2.04 bits per heavy atom. The topological polar surface area (TPSA) is 77.4 Å². The molecular formula is C17H17BrN2O4S. The highest BCUT2D eigenvalue weighted by Gasteiger charge is 2.14. The number of nitrogens with one attached hydrogen (secondary N) is 1. The molecule has 0 aliphatic heterocycles. The second kappa shape index (κ2) is 8.87. The van der Waals surface area contributed by atoms with E-state index in [0.29, 0.717) is 5.69 Å². The smallest absolute Gasteiger partial charge is 0.316 e. The van der Waals surface area contributed by atoms with E-state index in [2.05, 4.69) is 21.2 Å². The van der Waals surface area contributed by atoms with Gasteiger partial charge in [-0.3, -0.25) is 19.7 Å². The van der Waals surface area contributed by atoms with Crippen LogP contribution in [0.2, 0.25) is 0 Å². The molecule has 0 saturated heterocycles. The first-order valence-corrected chi connectivity index (χ1v) is 9.15. The molecule has 2 aromatic rings. The predicted octanol–water partition coefficient (Wildman–Crippen LogP) is 2.69. The zero-order chi connectivity index (χ0) is 18.4. The average molecular weight is 425 g/mol. The van der Waals surface area contributed by atoms with Gasteiger partial charge in [0.2, 0.25) is 0 Å². The van der Waals surface area contributed by atoms with Crippen LogP contribution in [0.3, 0.4) is 0 Å². The maximum absolute atomic E-state index is 11.9. The lowest BCUT2D eigenvalue weighted by Crippen LogP contribution is -2.35. The monoisotopic (exact) mass is 424 g/mol. The number of nitrogens with zero attached hydrogens (tertiary/aromatic N) is 1. The van der Waals surface area contributed by atoms with Gasteiger partial charge in [-0.2, -0.15) is 0 Å². The number of thioether (sulfide) groups is 1. The lowest BCUT2D eigenvalue weighted by atomic mass is 10.2. The molecule has 0 bridgehead atoms. The van der Waals surface area contributed by atoms with E-state index in [-0.39, 0.29) is 5.75 Å². The van der Waals surface area contributed by atoms with E-state index in [1.165, 1.54) is 11.8 Å².